The van der Waals surface area contributed by atoms with Gasteiger partial charge in [0.15, 0.2) is 11.6 Å². The second kappa shape index (κ2) is 9.04. The summed E-state index contributed by atoms with van der Waals surface area (Å²) in [6.45, 7) is -1.12. The average molecular weight is 262 g/mol. The van der Waals surface area contributed by atoms with E-state index in [0.717, 1.165) is 0 Å². The lowest BCUT2D eigenvalue weighted by atomic mass is 10.2. The van der Waals surface area contributed by atoms with Crippen molar-refractivity contribution in [3.63, 3.8) is 0 Å². The highest BCUT2D eigenvalue weighted by Gasteiger charge is 2.10. The predicted octanol–water partition coefficient (Wildman–Crippen LogP) is -0.315. The minimum atomic E-state index is -2.86. The summed E-state index contributed by atoms with van der Waals surface area (Å²) in [5, 5.41) is 24.7. The molecule has 0 saturated heterocycles. The van der Waals surface area contributed by atoms with Crippen molar-refractivity contribution in [3.05, 3.63) is 35.9 Å². The fourth-order valence-corrected chi connectivity index (χ4v) is 1.31. The van der Waals surface area contributed by atoms with E-state index in [4.69, 9.17) is 20.2 Å². The second-order valence-corrected chi connectivity index (χ2v) is 4.23. The van der Waals surface area contributed by atoms with Gasteiger partial charge in [-0.3, -0.25) is 9.36 Å². The van der Waals surface area contributed by atoms with Gasteiger partial charge in [0.1, 0.15) is 13.2 Å². The van der Waals surface area contributed by atoms with Crippen LogP contribution in [-0.4, -0.2) is 39.2 Å². The van der Waals surface area contributed by atoms with Crippen LogP contribution in [-0.2, 0) is 9.36 Å². The fourth-order valence-electron chi connectivity index (χ4n) is 0.828. The number of benzene rings is 1. The van der Waals surface area contributed by atoms with Crippen LogP contribution < -0.4 is 0 Å². The van der Waals surface area contributed by atoms with Crippen molar-refractivity contribution in [2.24, 2.45) is 0 Å². The molecule has 96 valence electrons. The van der Waals surface area contributed by atoms with Gasteiger partial charge in [0, 0.05) is 0 Å². The Balaban J connectivity index is 0.000000366. The van der Waals surface area contributed by atoms with E-state index in [1.165, 1.54) is 0 Å². The average Bonchev–Trinajstić information content (AvgIpc) is 2.38. The van der Waals surface area contributed by atoms with Gasteiger partial charge in [0.05, 0.1) is 0 Å². The van der Waals surface area contributed by atoms with E-state index in [2.05, 4.69) is 0 Å². The molecule has 1 aromatic carbocycles. The van der Waals surface area contributed by atoms with Crippen LogP contribution in [0.2, 0.25) is 0 Å². The number of hydrogen-bond donors (Lipinski definition) is 4. The molecule has 0 amide bonds. The van der Waals surface area contributed by atoms with Gasteiger partial charge in [0.25, 0.3) is 0 Å². The van der Waals surface area contributed by atoms with Crippen molar-refractivity contribution in [1.82, 2.24) is 0 Å². The normalized spacial score (nSPS) is 13.2. The first kappa shape index (κ1) is 16.0. The molecule has 0 spiro atoms. The summed E-state index contributed by atoms with van der Waals surface area (Å²) >= 11 is 0. The Morgan fingerprint density at radius 1 is 1.18 bits per heavy atom. The van der Waals surface area contributed by atoms with Crippen LogP contribution in [0.3, 0.4) is 0 Å². The highest BCUT2D eigenvalue weighted by Crippen LogP contribution is 2.34. The fraction of sp³-hybridized carbons (Fsp3) is 0.300. The van der Waals surface area contributed by atoms with Gasteiger partial charge in [-0.05, 0) is 5.56 Å². The lowest BCUT2D eigenvalue weighted by Crippen LogP contribution is -2.07. The van der Waals surface area contributed by atoms with Crippen LogP contribution in [0.15, 0.2) is 30.3 Å². The highest BCUT2D eigenvalue weighted by atomic mass is 31.1. The van der Waals surface area contributed by atoms with Crippen LogP contribution in [0.1, 0.15) is 11.4 Å². The molecule has 17 heavy (non-hydrogen) atoms. The van der Waals surface area contributed by atoms with Crippen LogP contribution in [0, 0.1) is 0 Å². The Labute approximate surface area is 99.0 Å². The van der Waals surface area contributed by atoms with Gasteiger partial charge in [0.2, 0.25) is 8.03 Å². The Kier molecular flexibility index (Phi) is 8.49. The van der Waals surface area contributed by atoms with E-state index in [-0.39, 0.29) is 0 Å². The van der Waals surface area contributed by atoms with Gasteiger partial charge in [-0.25, -0.2) is 0 Å². The minimum absolute atomic E-state index is 0.485. The molecule has 2 atom stereocenters. The first-order chi connectivity index (χ1) is 8.02. The number of Topliss-reactive ketones (excluding diaryl/α,β-unsaturated/α-hetero) is 1. The molecule has 6 nitrogen and oxygen atoms in total. The van der Waals surface area contributed by atoms with Gasteiger partial charge < -0.3 is 20.2 Å². The summed E-state index contributed by atoms with van der Waals surface area (Å²) in [4.78, 5) is 18.3. The Morgan fingerprint density at radius 3 is 1.94 bits per heavy atom. The minimum Gasteiger partial charge on any atom is -0.388 e. The number of aliphatic hydroxyl groups is 3. The number of aliphatic hydroxyl groups excluding tert-OH is 3. The molecule has 0 saturated carbocycles. The van der Waals surface area contributed by atoms with Crippen LogP contribution in [0.5, 0.6) is 0 Å². The topological polar surface area (TPSA) is 115 Å². The van der Waals surface area contributed by atoms with E-state index in [9.17, 15) is 9.36 Å². The van der Waals surface area contributed by atoms with Crippen molar-refractivity contribution in [2.75, 3.05) is 13.2 Å². The molecule has 2 unspecified atom stereocenters. The number of hydrogen-bond acceptors (Lipinski definition) is 5. The van der Waals surface area contributed by atoms with Gasteiger partial charge in [-0.1, -0.05) is 30.3 Å². The SMILES string of the molecule is O=C(CO)CO.O=[PH](O)C(O)c1ccccc1. The smallest absolute Gasteiger partial charge is 0.221 e. The molecule has 0 radical (unpaired) electrons. The highest BCUT2D eigenvalue weighted by molar-refractivity contribution is 7.38. The summed E-state index contributed by atoms with van der Waals surface area (Å²) < 4.78 is 10.4. The summed E-state index contributed by atoms with van der Waals surface area (Å²) in [6, 6.07) is 8.43. The molecule has 0 fully saturated rings. The zero-order valence-electron chi connectivity index (χ0n) is 8.98. The maximum absolute atomic E-state index is 10.4. The molecule has 1 rings (SSSR count). The van der Waals surface area contributed by atoms with E-state index in [1.54, 1.807) is 30.3 Å². The Morgan fingerprint density at radius 2 is 1.65 bits per heavy atom. The number of carbonyl (C=O) groups excluding carboxylic acids is 1. The number of ketones is 1. The Hall–Kier alpha value is -1.04. The zero-order valence-corrected chi connectivity index (χ0v) is 9.98. The molecule has 0 aromatic heterocycles. The summed E-state index contributed by atoms with van der Waals surface area (Å²) in [6.07, 6.45) is 0. The van der Waals surface area contributed by atoms with Crippen molar-refractivity contribution in [1.29, 1.82) is 0 Å². The molecule has 0 aliphatic rings. The second-order valence-electron chi connectivity index (χ2n) is 3.01. The van der Waals surface area contributed by atoms with Crippen LogP contribution in [0.25, 0.3) is 0 Å². The summed E-state index contributed by atoms with van der Waals surface area (Å²) in [7, 11) is -2.86. The predicted molar refractivity (Wildman–Crippen MR) is 61.8 cm³/mol. The van der Waals surface area contributed by atoms with E-state index in [0.29, 0.717) is 5.56 Å². The molecule has 1 aromatic rings. The third kappa shape index (κ3) is 6.99. The Bertz CT molecular complexity index is 347. The summed E-state index contributed by atoms with van der Waals surface area (Å²) in [5.74, 6) is -1.77. The van der Waals surface area contributed by atoms with Gasteiger partial charge >= 0.3 is 0 Å². The molecule has 7 heteroatoms. The maximum Gasteiger partial charge on any atom is 0.221 e. The standard InChI is InChI=1S/C7H9O3P.C3H6O3/c8-7(11(9)10)6-4-2-1-3-5-6;4-1-3(6)2-5/h1-5,7-8,11H,(H,9,10);4-5H,1-2H2. The third-order valence-electron chi connectivity index (χ3n) is 1.70. The lowest BCUT2D eigenvalue weighted by Gasteiger charge is -2.04. The van der Waals surface area contributed by atoms with E-state index >= 15 is 0 Å². The first-order valence-electron chi connectivity index (χ1n) is 4.72. The third-order valence-corrected chi connectivity index (χ3v) is 2.50. The molecule has 0 bridgehead atoms. The van der Waals surface area contributed by atoms with Crippen molar-refractivity contribution >= 4 is 13.8 Å². The van der Waals surface area contributed by atoms with Crippen molar-refractivity contribution in [3.8, 4) is 0 Å². The summed E-state index contributed by atoms with van der Waals surface area (Å²) in [5.41, 5.74) is 0.485. The van der Waals surface area contributed by atoms with E-state index < -0.39 is 32.9 Å². The molecule has 0 aliphatic carbocycles. The maximum atomic E-state index is 10.4. The molecule has 4 N–H and O–H groups in total. The monoisotopic (exact) mass is 262 g/mol. The van der Waals surface area contributed by atoms with Crippen LogP contribution >= 0.6 is 8.03 Å². The number of rotatable bonds is 4. The molecule has 0 heterocycles. The van der Waals surface area contributed by atoms with E-state index in [1.807, 2.05) is 0 Å². The first-order valence-corrected chi connectivity index (χ1v) is 6.15. The quantitative estimate of drug-likeness (QED) is 0.553. The van der Waals surface area contributed by atoms with Gasteiger partial charge in [-0.15, -0.1) is 0 Å². The number of carbonyl (C=O) groups is 1. The van der Waals surface area contributed by atoms with Crippen molar-refractivity contribution < 1.29 is 29.6 Å². The van der Waals surface area contributed by atoms with Gasteiger partial charge in [-0.2, -0.15) is 0 Å². The largest absolute Gasteiger partial charge is 0.388 e. The molecule has 0 aliphatic heterocycles. The van der Waals surface area contributed by atoms with Crippen molar-refractivity contribution in [2.45, 2.75) is 5.85 Å². The lowest BCUT2D eigenvalue weighted by molar-refractivity contribution is -0.124. The molecular weight excluding hydrogens is 247 g/mol. The molecular formula is C10H15O6P. The zero-order chi connectivity index (χ0) is 13.3. The van der Waals surface area contributed by atoms with Crippen LogP contribution in [0.4, 0.5) is 0 Å².